The highest BCUT2D eigenvalue weighted by atomic mass is 35.5. The molecule has 154 valence electrons. The molecule has 1 heterocycles. The first-order valence-electron chi connectivity index (χ1n) is 8.67. The van der Waals surface area contributed by atoms with Crippen LogP contribution in [0.3, 0.4) is 0 Å². The molecule has 2 aromatic carbocycles. The number of methoxy groups -OCH3 is 1. The van der Waals surface area contributed by atoms with E-state index in [1.165, 1.54) is 30.4 Å². The van der Waals surface area contributed by atoms with Gasteiger partial charge in [-0.1, -0.05) is 53.6 Å². The van der Waals surface area contributed by atoms with Gasteiger partial charge in [0.05, 0.1) is 43.1 Å². The van der Waals surface area contributed by atoms with Crippen molar-refractivity contribution in [2.75, 3.05) is 19.5 Å². The number of thiazole rings is 1. The summed E-state index contributed by atoms with van der Waals surface area (Å²) < 4.78 is 32.3. The van der Waals surface area contributed by atoms with Crippen LogP contribution >= 0.6 is 34.5 Å². The van der Waals surface area contributed by atoms with Gasteiger partial charge in [-0.15, -0.1) is 0 Å². The number of halogens is 2. The Morgan fingerprint density at radius 2 is 1.86 bits per heavy atom. The Labute approximate surface area is 182 Å². The van der Waals surface area contributed by atoms with Crippen LogP contribution in [0.4, 0.5) is 0 Å². The molecule has 0 aliphatic carbocycles. The van der Waals surface area contributed by atoms with E-state index in [4.69, 9.17) is 27.9 Å². The third kappa shape index (κ3) is 4.41. The lowest BCUT2D eigenvalue weighted by Gasteiger charge is -2.07. The van der Waals surface area contributed by atoms with Crippen LogP contribution < -0.4 is 4.80 Å². The second-order valence-electron chi connectivity index (χ2n) is 6.05. The van der Waals surface area contributed by atoms with Crippen LogP contribution in [-0.4, -0.2) is 38.4 Å². The Morgan fingerprint density at radius 3 is 2.55 bits per heavy atom. The minimum Gasteiger partial charge on any atom is -0.383 e. The Hall–Kier alpha value is -1.71. The Kier molecular flexibility index (Phi) is 6.80. The van der Waals surface area contributed by atoms with Crippen LogP contribution in [-0.2, 0) is 21.1 Å². The number of ether oxygens (including phenoxy) is 1. The second kappa shape index (κ2) is 8.97. The summed E-state index contributed by atoms with van der Waals surface area (Å²) in [5, 5.41) is 0.961. The summed E-state index contributed by atoms with van der Waals surface area (Å²) in [5.41, 5.74) is 0.685. The minimum atomic E-state index is -3.57. The van der Waals surface area contributed by atoms with Crippen molar-refractivity contribution in [1.82, 2.24) is 4.57 Å². The van der Waals surface area contributed by atoms with Gasteiger partial charge < -0.3 is 9.30 Å². The highest BCUT2D eigenvalue weighted by Crippen LogP contribution is 2.32. The van der Waals surface area contributed by atoms with Crippen molar-refractivity contribution < 1.29 is 17.9 Å². The summed E-state index contributed by atoms with van der Waals surface area (Å²) in [7, 11) is -2.01. The van der Waals surface area contributed by atoms with Gasteiger partial charge >= 0.3 is 0 Å². The SMILES string of the molecule is CCS(=O)(=O)c1ccccc1C(=O)N=c1sc2c(Cl)ccc(Cl)c2n1CCOC. The molecule has 6 nitrogen and oxygen atoms in total. The van der Waals surface area contributed by atoms with Gasteiger partial charge in [-0.05, 0) is 24.3 Å². The lowest BCUT2D eigenvalue weighted by atomic mass is 10.2. The van der Waals surface area contributed by atoms with Crippen LogP contribution in [0.1, 0.15) is 17.3 Å². The van der Waals surface area contributed by atoms with Gasteiger partial charge in [0.2, 0.25) is 0 Å². The van der Waals surface area contributed by atoms with Crippen molar-refractivity contribution in [2.24, 2.45) is 4.99 Å². The number of sulfone groups is 1. The predicted molar refractivity (Wildman–Crippen MR) is 116 cm³/mol. The molecule has 0 aliphatic heterocycles. The van der Waals surface area contributed by atoms with Gasteiger partial charge in [0, 0.05) is 13.7 Å². The van der Waals surface area contributed by atoms with Gasteiger partial charge in [0.1, 0.15) is 0 Å². The summed E-state index contributed by atoms with van der Waals surface area (Å²) in [5.74, 6) is -0.762. The van der Waals surface area contributed by atoms with E-state index in [0.29, 0.717) is 38.2 Å². The summed E-state index contributed by atoms with van der Waals surface area (Å²) in [4.78, 5) is 17.5. The fourth-order valence-electron chi connectivity index (χ4n) is 2.80. The molecule has 0 fully saturated rings. The number of carbonyl (C=O) groups excluding carboxylic acids is 1. The molecule has 3 aromatic rings. The van der Waals surface area contributed by atoms with E-state index in [1.54, 1.807) is 35.9 Å². The number of rotatable bonds is 6. The number of amides is 1. The zero-order valence-electron chi connectivity index (χ0n) is 15.7. The fourth-order valence-corrected chi connectivity index (χ4v) is 5.56. The molecule has 1 aromatic heterocycles. The number of hydrogen-bond donors (Lipinski definition) is 0. The molecular weight excluding hydrogens is 455 g/mol. The van der Waals surface area contributed by atoms with Crippen molar-refractivity contribution >= 4 is 60.5 Å². The summed E-state index contributed by atoms with van der Waals surface area (Å²) in [6.07, 6.45) is 0. The van der Waals surface area contributed by atoms with E-state index in [0.717, 1.165) is 0 Å². The standard InChI is InChI=1S/C19H18Cl2N2O4S2/c1-3-29(25,26)15-7-5-4-6-12(15)18(24)22-19-23(10-11-27-2)16-13(20)8-9-14(21)17(16)28-19/h4-9H,3,10-11H2,1-2H3. The third-order valence-corrected chi connectivity index (χ3v) is 7.91. The van der Waals surface area contributed by atoms with Crippen molar-refractivity contribution in [3.8, 4) is 0 Å². The fraction of sp³-hybridized carbons (Fsp3) is 0.263. The highest BCUT2D eigenvalue weighted by molar-refractivity contribution is 7.91. The molecule has 1 amide bonds. The van der Waals surface area contributed by atoms with Crippen molar-refractivity contribution in [3.05, 3.63) is 56.8 Å². The lowest BCUT2D eigenvalue weighted by molar-refractivity contribution is 0.0994. The van der Waals surface area contributed by atoms with Gasteiger partial charge in [0.15, 0.2) is 14.6 Å². The molecule has 3 rings (SSSR count). The maximum absolute atomic E-state index is 12.9. The predicted octanol–water partition coefficient (Wildman–Crippen LogP) is 4.19. The van der Waals surface area contributed by atoms with Crippen LogP contribution in [0.2, 0.25) is 10.0 Å². The van der Waals surface area contributed by atoms with Crippen molar-refractivity contribution in [2.45, 2.75) is 18.4 Å². The van der Waals surface area contributed by atoms with Crippen molar-refractivity contribution in [1.29, 1.82) is 0 Å². The van der Waals surface area contributed by atoms with Crippen LogP contribution in [0.25, 0.3) is 10.2 Å². The topological polar surface area (TPSA) is 77.7 Å². The first-order valence-corrected chi connectivity index (χ1v) is 11.9. The van der Waals surface area contributed by atoms with E-state index in [-0.39, 0.29) is 16.2 Å². The molecule has 0 aliphatic rings. The smallest absolute Gasteiger partial charge is 0.280 e. The first kappa shape index (κ1) is 22.0. The molecule has 0 atom stereocenters. The first-order chi connectivity index (χ1) is 13.8. The molecule has 29 heavy (non-hydrogen) atoms. The summed E-state index contributed by atoms with van der Waals surface area (Å²) in [6, 6.07) is 9.42. The van der Waals surface area contributed by atoms with E-state index in [9.17, 15) is 13.2 Å². The molecule has 0 radical (unpaired) electrons. The molecule has 10 heteroatoms. The van der Waals surface area contributed by atoms with Gasteiger partial charge in [-0.2, -0.15) is 4.99 Å². The largest absolute Gasteiger partial charge is 0.383 e. The number of aromatic nitrogens is 1. The van der Waals surface area contributed by atoms with Gasteiger partial charge in [-0.3, -0.25) is 4.79 Å². The molecule has 0 spiro atoms. The minimum absolute atomic E-state index is 0.0299. The number of fused-ring (bicyclic) bond motifs is 1. The Morgan fingerprint density at radius 1 is 1.17 bits per heavy atom. The lowest BCUT2D eigenvalue weighted by Crippen LogP contribution is -2.20. The molecule has 0 unspecified atom stereocenters. The molecule has 0 bridgehead atoms. The number of nitrogens with zero attached hydrogens (tertiary/aromatic N) is 2. The molecule has 0 saturated heterocycles. The second-order valence-corrected chi connectivity index (χ2v) is 10.1. The molecule has 0 N–H and O–H groups in total. The van der Waals surface area contributed by atoms with E-state index < -0.39 is 15.7 Å². The Bertz CT molecular complexity index is 1250. The highest BCUT2D eigenvalue weighted by Gasteiger charge is 2.21. The maximum Gasteiger partial charge on any atom is 0.280 e. The van der Waals surface area contributed by atoms with Gasteiger partial charge in [-0.25, -0.2) is 8.42 Å². The number of carbonyl (C=O) groups is 1. The van der Waals surface area contributed by atoms with Crippen LogP contribution in [0.5, 0.6) is 0 Å². The van der Waals surface area contributed by atoms with E-state index >= 15 is 0 Å². The number of benzene rings is 2. The Balaban J connectivity index is 2.23. The normalized spacial score (nSPS) is 12.6. The quantitative estimate of drug-likeness (QED) is 0.538. The van der Waals surface area contributed by atoms with E-state index in [2.05, 4.69) is 4.99 Å². The average molecular weight is 473 g/mol. The summed E-state index contributed by atoms with van der Waals surface area (Å²) in [6.45, 7) is 2.30. The maximum atomic E-state index is 12.9. The van der Waals surface area contributed by atoms with Gasteiger partial charge in [0.25, 0.3) is 5.91 Å². The summed E-state index contributed by atoms with van der Waals surface area (Å²) >= 11 is 13.9. The monoisotopic (exact) mass is 472 g/mol. The zero-order chi connectivity index (χ0) is 21.2. The zero-order valence-corrected chi connectivity index (χ0v) is 18.8. The number of hydrogen-bond acceptors (Lipinski definition) is 5. The molecular formula is C19H18Cl2N2O4S2. The molecule has 0 saturated carbocycles. The van der Waals surface area contributed by atoms with Crippen molar-refractivity contribution in [3.63, 3.8) is 0 Å². The van der Waals surface area contributed by atoms with E-state index in [1.807, 2.05) is 0 Å². The third-order valence-electron chi connectivity index (χ3n) is 4.28. The average Bonchev–Trinajstić information content (AvgIpc) is 3.08. The van der Waals surface area contributed by atoms with Crippen LogP contribution in [0, 0.1) is 0 Å². The van der Waals surface area contributed by atoms with Crippen LogP contribution in [0.15, 0.2) is 46.3 Å².